The Bertz CT molecular complexity index is 1170. The van der Waals surface area contributed by atoms with E-state index in [9.17, 15) is 18.8 Å². The van der Waals surface area contributed by atoms with Crippen LogP contribution in [-0.4, -0.2) is 38.0 Å². The van der Waals surface area contributed by atoms with E-state index in [0.717, 1.165) is 0 Å². The molecule has 34 heavy (non-hydrogen) atoms. The molecule has 0 aliphatic rings. The van der Waals surface area contributed by atoms with Gasteiger partial charge in [-0.05, 0) is 48.0 Å². The molecule has 0 heterocycles. The van der Waals surface area contributed by atoms with E-state index in [4.69, 9.17) is 9.47 Å². The van der Waals surface area contributed by atoms with Gasteiger partial charge in [-0.1, -0.05) is 30.3 Å². The number of ether oxygens (including phenoxy) is 2. The monoisotopic (exact) mass is 465 g/mol. The summed E-state index contributed by atoms with van der Waals surface area (Å²) in [5.41, 5.74) is 1.41. The standard InChI is InChI=1S/C25H24FN3O5/c1-33-21-10-2-3-11-22(21)34-16-25(32)29-20-9-5-8-19(14-20)28-24(31)15-27-23(30)13-17-6-4-7-18(26)12-17/h2-12,14H,13,15-16H2,1H3,(H,27,30)(H,28,31)(H,29,32). The molecule has 0 aliphatic carbocycles. The van der Waals surface area contributed by atoms with Gasteiger partial charge >= 0.3 is 0 Å². The molecular formula is C25H24FN3O5. The molecule has 0 saturated carbocycles. The number of anilines is 2. The third-order valence-corrected chi connectivity index (χ3v) is 4.56. The summed E-state index contributed by atoms with van der Waals surface area (Å²) in [4.78, 5) is 36.4. The van der Waals surface area contributed by atoms with Crippen molar-refractivity contribution in [2.45, 2.75) is 6.42 Å². The van der Waals surface area contributed by atoms with Gasteiger partial charge in [-0.3, -0.25) is 14.4 Å². The van der Waals surface area contributed by atoms with E-state index >= 15 is 0 Å². The molecule has 0 aromatic heterocycles. The molecule has 9 heteroatoms. The maximum absolute atomic E-state index is 13.2. The number of carbonyl (C=O) groups excluding carboxylic acids is 3. The summed E-state index contributed by atoms with van der Waals surface area (Å²) in [6.45, 7) is -0.480. The second kappa shape index (κ2) is 12.0. The number of hydrogen-bond donors (Lipinski definition) is 3. The average Bonchev–Trinajstić information content (AvgIpc) is 2.82. The lowest BCUT2D eigenvalue weighted by Crippen LogP contribution is -2.33. The lowest BCUT2D eigenvalue weighted by atomic mass is 10.1. The highest BCUT2D eigenvalue weighted by atomic mass is 19.1. The van der Waals surface area contributed by atoms with E-state index in [1.54, 1.807) is 54.6 Å². The van der Waals surface area contributed by atoms with Crippen molar-refractivity contribution in [3.8, 4) is 11.5 Å². The Labute approximate surface area is 196 Å². The van der Waals surface area contributed by atoms with E-state index in [1.807, 2.05) is 0 Å². The summed E-state index contributed by atoms with van der Waals surface area (Å²) >= 11 is 0. The highest BCUT2D eigenvalue weighted by Crippen LogP contribution is 2.25. The zero-order chi connectivity index (χ0) is 24.3. The van der Waals surface area contributed by atoms with Crippen LogP contribution in [0, 0.1) is 5.82 Å². The van der Waals surface area contributed by atoms with Crippen LogP contribution in [0.4, 0.5) is 15.8 Å². The van der Waals surface area contributed by atoms with Crippen LogP contribution in [0.5, 0.6) is 11.5 Å². The summed E-state index contributed by atoms with van der Waals surface area (Å²) in [5, 5.41) is 7.82. The van der Waals surface area contributed by atoms with Gasteiger partial charge in [0.05, 0.1) is 20.1 Å². The Morgan fingerprint density at radius 3 is 2.18 bits per heavy atom. The van der Waals surface area contributed by atoms with Crippen molar-refractivity contribution in [3.63, 3.8) is 0 Å². The second-order valence-electron chi connectivity index (χ2n) is 7.20. The van der Waals surface area contributed by atoms with E-state index < -0.39 is 17.6 Å². The lowest BCUT2D eigenvalue weighted by molar-refractivity contribution is -0.123. The molecule has 3 amide bonds. The van der Waals surface area contributed by atoms with Gasteiger partial charge in [0.1, 0.15) is 5.82 Å². The number of hydrogen-bond acceptors (Lipinski definition) is 5. The number of benzene rings is 3. The van der Waals surface area contributed by atoms with E-state index in [0.29, 0.717) is 28.4 Å². The third-order valence-electron chi connectivity index (χ3n) is 4.56. The molecule has 0 bridgehead atoms. The number of halogens is 1. The predicted octanol–water partition coefficient (Wildman–Crippen LogP) is 3.15. The van der Waals surface area contributed by atoms with Gasteiger partial charge in [-0.15, -0.1) is 0 Å². The fourth-order valence-corrected chi connectivity index (χ4v) is 3.03. The van der Waals surface area contributed by atoms with Crippen LogP contribution in [0.2, 0.25) is 0 Å². The van der Waals surface area contributed by atoms with Crippen LogP contribution in [0.1, 0.15) is 5.56 Å². The number of amides is 3. The maximum Gasteiger partial charge on any atom is 0.262 e. The number of methoxy groups -OCH3 is 1. The van der Waals surface area contributed by atoms with Crippen molar-refractivity contribution in [2.75, 3.05) is 30.9 Å². The highest BCUT2D eigenvalue weighted by molar-refractivity contribution is 5.96. The van der Waals surface area contributed by atoms with Crippen molar-refractivity contribution < 1.29 is 28.2 Å². The molecule has 176 valence electrons. The molecule has 8 nitrogen and oxygen atoms in total. The minimum atomic E-state index is -0.449. The molecule has 3 rings (SSSR count). The minimum absolute atomic E-state index is 0.0382. The third kappa shape index (κ3) is 7.63. The van der Waals surface area contributed by atoms with Crippen LogP contribution >= 0.6 is 0 Å². The highest BCUT2D eigenvalue weighted by Gasteiger charge is 2.10. The average molecular weight is 465 g/mol. The molecule has 3 N–H and O–H groups in total. The second-order valence-corrected chi connectivity index (χ2v) is 7.20. The zero-order valence-electron chi connectivity index (χ0n) is 18.5. The van der Waals surface area contributed by atoms with Crippen LogP contribution in [0.25, 0.3) is 0 Å². The van der Waals surface area contributed by atoms with Crippen molar-refractivity contribution in [2.24, 2.45) is 0 Å². The Hall–Kier alpha value is -4.40. The molecular weight excluding hydrogens is 441 g/mol. The largest absolute Gasteiger partial charge is 0.493 e. The zero-order valence-corrected chi connectivity index (χ0v) is 18.5. The molecule has 0 radical (unpaired) electrons. The van der Waals surface area contributed by atoms with Crippen LogP contribution in [-0.2, 0) is 20.8 Å². The normalized spacial score (nSPS) is 10.2. The Morgan fingerprint density at radius 2 is 1.47 bits per heavy atom. The minimum Gasteiger partial charge on any atom is -0.493 e. The van der Waals surface area contributed by atoms with Crippen LogP contribution in [0.15, 0.2) is 72.8 Å². The van der Waals surface area contributed by atoms with Crippen molar-refractivity contribution >= 4 is 29.1 Å². The summed E-state index contributed by atoms with van der Waals surface area (Å²) in [6, 6.07) is 19.2. The smallest absolute Gasteiger partial charge is 0.262 e. The van der Waals surface area contributed by atoms with Crippen LogP contribution in [0.3, 0.4) is 0 Å². The quantitative estimate of drug-likeness (QED) is 0.427. The Morgan fingerprint density at radius 1 is 0.794 bits per heavy atom. The fraction of sp³-hybridized carbons (Fsp3) is 0.160. The first kappa shape index (κ1) is 24.2. The molecule has 3 aromatic rings. The van der Waals surface area contributed by atoms with E-state index in [-0.39, 0.29) is 25.5 Å². The van der Waals surface area contributed by atoms with Gasteiger partial charge in [-0.25, -0.2) is 4.39 Å². The molecule has 0 unspecified atom stereocenters. The molecule has 0 atom stereocenters. The summed E-state index contributed by atoms with van der Waals surface area (Å²) < 4.78 is 23.9. The molecule has 3 aromatic carbocycles. The number of rotatable bonds is 10. The number of carbonyl (C=O) groups is 3. The summed E-state index contributed by atoms with van der Waals surface area (Å²) in [5.74, 6) is -0.712. The van der Waals surface area contributed by atoms with Gasteiger partial charge in [0, 0.05) is 11.4 Å². The van der Waals surface area contributed by atoms with Crippen molar-refractivity contribution in [1.29, 1.82) is 0 Å². The predicted molar refractivity (Wildman–Crippen MR) is 125 cm³/mol. The SMILES string of the molecule is COc1ccccc1OCC(=O)Nc1cccc(NC(=O)CNC(=O)Cc2cccc(F)c2)c1. The first-order chi connectivity index (χ1) is 16.4. The fourth-order valence-electron chi connectivity index (χ4n) is 3.03. The molecule has 0 fully saturated rings. The van der Waals surface area contributed by atoms with Gasteiger partial charge in [0.15, 0.2) is 18.1 Å². The van der Waals surface area contributed by atoms with Crippen molar-refractivity contribution in [3.05, 3.63) is 84.2 Å². The number of nitrogens with one attached hydrogen (secondary N) is 3. The maximum atomic E-state index is 13.2. The van der Waals surface area contributed by atoms with Gasteiger partial charge in [0.2, 0.25) is 11.8 Å². The first-order valence-corrected chi connectivity index (χ1v) is 10.4. The molecule has 0 spiro atoms. The molecule has 0 aliphatic heterocycles. The molecule has 0 saturated heterocycles. The van der Waals surface area contributed by atoms with Crippen LogP contribution < -0.4 is 25.4 Å². The van der Waals surface area contributed by atoms with Gasteiger partial charge in [0.25, 0.3) is 5.91 Å². The van der Waals surface area contributed by atoms with Gasteiger partial charge in [-0.2, -0.15) is 0 Å². The number of para-hydroxylation sites is 2. The van der Waals surface area contributed by atoms with E-state index in [2.05, 4.69) is 16.0 Å². The summed E-state index contributed by atoms with van der Waals surface area (Å²) in [7, 11) is 1.51. The first-order valence-electron chi connectivity index (χ1n) is 10.4. The van der Waals surface area contributed by atoms with Gasteiger partial charge < -0.3 is 25.4 Å². The van der Waals surface area contributed by atoms with E-state index in [1.165, 1.54) is 25.3 Å². The summed E-state index contributed by atoms with van der Waals surface area (Å²) in [6.07, 6.45) is -0.0382. The topological polar surface area (TPSA) is 106 Å². The Balaban J connectivity index is 1.45. The lowest BCUT2D eigenvalue weighted by Gasteiger charge is -2.11. The Kier molecular flexibility index (Phi) is 8.56. The van der Waals surface area contributed by atoms with Crippen molar-refractivity contribution in [1.82, 2.24) is 5.32 Å².